The number of benzene rings is 2. The Kier molecular flexibility index (Phi) is 5.51. The number of hydrogen-bond acceptors (Lipinski definition) is 3. The third kappa shape index (κ3) is 4.13. The van der Waals surface area contributed by atoms with E-state index >= 15 is 0 Å². The first kappa shape index (κ1) is 18.8. The summed E-state index contributed by atoms with van der Waals surface area (Å²) in [5.41, 5.74) is 2.12. The number of amides is 1. The maximum Gasteiger partial charge on any atom is 0.220 e. The number of aryl methyl sites for hydroxylation is 1. The number of carbonyl (C=O) groups is 1. The van der Waals surface area contributed by atoms with Gasteiger partial charge in [0, 0.05) is 18.4 Å². The standard InChI is InChI=1S/C23H26FNO3/c24-19-7-5-18(6-8-19)23(11-1-2-12-23)16-25-22(26)10-4-17-3-9-20-21(15-17)28-14-13-27-20/h3,5-9,15H,1-2,4,10-14,16H2,(H,25,26). The van der Waals surface area contributed by atoms with Crippen LogP contribution >= 0.6 is 0 Å². The fourth-order valence-corrected chi connectivity index (χ4v) is 4.28. The molecule has 0 aromatic heterocycles. The molecule has 2 aliphatic rings. The molecule has 1 amide bonds. The van der Waals surface area contributed by atoms with Crippen molar-refractivity contribution in [2.75, 3.05) is 19.8 Å². The summed E-state index contributed by atoms with van der Waals surface area (Å²) in [7, 11) is 0. The van der Waals surface area contributed by atoms with E-state index < -0.39 is 0 Å². The van der Waals surface area contributed by atoms with Crippen molar-refractivity contribution >= 4 is 5.91 Å². The summed E-state index contributed by atoms with van der Waals surface area (Å²) in [6.07, 6.45) is 5.43. The van der Waals surface area contributed by atoms with E-state index in [1.54, 1.807) is 0 Å². The summed E-state index contributed by atoms with van der Waals surface area (Å²) in [6, 6.07) is 12.6. The highest BCUT2D eigenvalue weighted by molar-refractivity contribution is 5.76. The average Bonchev–Trinajstić information content (AvgIpc) is 3.21. The largest absolute Gasteiger partial charge is 0.486 e. The van der Waals surface area contributed by atoms with E-state index in [1.165, 1.54) is 12.1 Å². The molecule has 2 aromatic rings. The quantitative estimate of drug-likeness (QED) is 0.815. The normalized spacial score (nSPS) is 17.3. The van der Waals surface area contributed by atoms with Crippen molar-refractivity contribution < 1.29 is 18.7 Å². The lowest BCUT2D eigenvalue weighted by Crippen LogP contribution is -2.39. The third-order valence-corrected chi connectivity index (χ3v) is 5.89. The van der Waals surface area contributed by atoms with Gasteiger partial charge >= 0.3 is 0 Å². The van der Waals surface area contributed by atoms with Crippen LogP contribution in [-0.4, -0.2) is 25.7 Å². The van der Waals surface area contributed by atoms with E-state index in [0.29, 0.717) is 32.6 Å². The molecule has 1 saturated carbocycles. The Labute approximate surface area is 165 Å². The topological polar surface area (TPSA) is 47.6 Å². The number of nitrogens with one attached hydrogen (secondary N) is 1. The van der Waals surface area contributed by atoms with Gasteiger partial charge in [-0.2, -0.15) is 0 Å². The molecule has 1 fully saturated rings. The monoisotopic (exact) mass is 383 g/mol. The second-order valence-electron chi connectivity index (χ2n) is 7.75. The molecule has 1 aliphatic carbocycles. The maximum absolute atomic E-state index is 13.3. The Hall–Kier alpha value is -2.56. The number of halogens is 1. The lowest BCUT2D eigenvalue weighted by Gasteiger charge is -2.30. The highest BCUT2D eigenvalue weighted by Gasteiger charge is 2.35. The van der Waals surface area contributed by atoms with Crippen molar-refractivity contribution in [1.29, 1.82) is 0 Å². The van der Waals surface area contributed by atoms with Crippen LogP contribution in [0, 0.1) is 5.82 Å². The predicted octanol–water partition coefficient (Wildman–Crippen LogP) is 4.16. The van der Waals surface area contributed by atoms with Gasteiger partial charge in [-0.05, 0) is 54.7 Å². The Bertz CT molecular complexity index is 828. The van der Waals surface area contributed by atoms with Gasteiger partial charge in [-0.15, -0.1) is 0 Å². The van der Waals surface area contributed by atoms with Crippen molar-refractivity contribution in [1.82, 2.24) is 5.32 Å². The van der Waals surface area contributed by atoms with Crippen molar-refractivity contribution in [2.45, 2.75) is 43.9 Å². The summed E-state index contributed by atoms with van der Waals surface area (Å²) in [4.78, 5) is 12.5. The predicted molar refractivity (Wildman–Crippen MR) is 105 cm³/mol. The van der Waals surface area contributed by atoms with Crippen LogP contribution in [0.15, 0.2) is 42.5 Å². The van der Waals surface area contributed by atoms with Gasteiger partial charge in [-0.3, -0.25) is 4.79 Å². The van der Waals surface area contributed by atoms with Crippen molar-refractivity contribution in [2.24, 2.45) is 0 Å². The Morgan fingerprint density at radius 3 is 2.46 bits per heavy atom. The molecule has 0 atom stereocenters. The van der Waals surface area contributed by atoms with E-state index in [2.05, 4.69) is 5.32 Å². The number of hydrogen-bond donors (Lipinski definition) is 1. The van der Waals surface area contributed by atoms with Gasteiger partial charge < -0.3 is 14.8 Å². The number of carbonyl (C=O) groups excluding carboxylic acids is 1. The highest BCUT2D eigenvalue weighted by atomic mass is 19.1. The summed E-state index contributed by atoms with van der Waals surface area (Å²) >= 11 is 0. The molecular weight excluding hydrogens is 357 g/mol. The highest BCUT2D eigenvalue weighted by Crippen LogP contribution is 2.40. The molecule has 0 bridgehead atoms. The van der Waals surface area contributed by atoms with Crippen LogP contribution in [-0.2, 0) is 16.6 Å². The van der Waals surface area contributed by atoms with Gasteiger partial charge in [0.25, 0.3) is 0 Å². The van der Waals surface area contributed by atoms with Crippen LogP contribution in [0.4, 0.5) is 4.39 Å². The molecule has 5 heteroatoms. The van der Waals surface area contributed by atoms with Gasteiger partial charge in [0.2, 0.25) is 5.91 Å². The second kappa shape index (κ2) is 8.21. The molecule has 4 nitrogen and oxygen atoms in total. The smallest absolute Gasteiger partial charge is 0.220 e. The zero-order chi connectivity index (χ0) is 19.4. The Morgan fingerprint density at radius 2 is 1.71 bits per heavy atom. The first-order valence-corrected chi connectivity index (χ1v) is 10.1. The summed E-state index contributed by atoms with van der Waals surface area (Å²) in [5, 5.41) is 3.12. The number of fused-ring (bicyclic) bond motifs is 1. The molecule has 28 heavy (non-hydrogen) atoms. The fourth-order valence-electron chi connectivity index (χ4n) is 4.28. The minimum absolute atomic E-state index is 0.0447. The van der Waals surface area contributed by atoms with E-state index in [9.17, 15) is 9.18 Å². The molecule has 4 rings (SSSR count). The van der Waals surface area contributed by atoms with E-state index in [0.717, 1.165) is 48.3 Å². The lowest BCUT2D eigenvalue weighted by atomic mass is 9.78. The Morgan fingerprint density at radius 1 is 1.00 bits per heavy atom. The SMILES string of the molecule is O=C(CCc1ccc2c(c1)OCCO2)NCC1(c2ccc(F)cc2)CCCC1. The van der Waals surface area contributed by atoms with Gasteiger partial charge in [0.05, 0.1) is 0 Å². The zero-order valence-corrected chi connectivity index (χ0v) is 16.0. The van der Waals surface area contributed by atoms with Crippen LogP contribution in [0.2, 0.25) is 0 Å². The molecule has 2 aromatic carbocycles. The van der Waals surface area contributed by atoms with E-state index in [1.807, 2.05) is 30.3 Å². The molecule has 1 N–H and O–H groups in total. The molecule has 0 saturated heterocycles. The van der Waals surface area contributed by atoms with Gasteiger partial charge in [-0.25, -0.2) is 4.39 Å². The molecule has 1 heterocycles. The third-order valence-electron chi connectivity index (χ3n) is 5.89. The minimum Gasteiger partial charge on any atom is -0.486 e. The second-order valence-corrected chi connectivity index (χ2v) is 7.75. The van der Waals surface area contributed by atoms with Crippen molar-refractivity contribution in [3.63, 3.8) is 0 Å². The fraction of sp³-hybridized carbons (Fsp3) is 0.435. The van der Waals surface area contributed by atoms with Gasteiger partial charge in [0.1, 0.15) is 19.0 Å². The van der Waals surface area contributed by atoms with Crippen LogP contribution < -0.4 is 14.8 Å². The van der Waals surface area contributed by atoms with Crippen LogP contribution in [0.3, 0.4) is 0 Å². The van der Waals surface area contributed by atoms with Crippen molar-refractivity contribution in [3.05, 3.63) is 59.4 Å². The van der Waals surface area contributed by atoms with Gasteiger partial charge in [-0.1, -0.05) is 31.0 Å². The molecule has 0 spiro atoms. The molecule has 0 radical (unpaired) electrons. The number of ether oxygens (including phenoxy) is 2. The van der Waals surface area contributed by atoms with Gasteiger partial charge in [0.15, 0.2) is 11.5 Å². The van der Waals surface area contributed by atoms with E-state index in [-0.39, 0.29) is 17.1 Å². The molecule has 1 aliphatic heterocycles. The first-order valence-electron chi connectivity index (χ1n) is 10.1. The maximum atomic E-state index is 13.3. The molecular formula is C23H26FNO3. The summed E-state index contributed by atoms with van der Waals surface area (Å²) < 4.78 is 24.4. The van der Waals surface area contributed by atoms with Crippen LogP contribution in [0.1, 0.15) is 43.2 Å². The molecule has 0 unspecified atom stereocenters. The van der Waals surface area contributed by atoms with Crippen LogP contribution in [0.5, 0.6) is 11.5 Å². The van der Waals surface area contributed by atoms with Crippen molar-refractivity contribution in [3.8, 4) is 11.5 Å². The number of rotatable bonds is 6. The first-order chi connectivity index (χ1) is 13.6. The minimum atomic E-state index is -0.222. The lowest BCUT2D eigenvalue weighted by molar-refractivity contribution is -0.121. The molecule has 148 valence electrons. The average molecular weight is 383 g/mol. The summed E-state index contributed by atoms with van der Waals surface area (Å²) in [6.45, 7) is 1.74. The summed E-state index contributed by atoms with van der Waals surface area (Å²) in [5.74, 6) is 1.34. The Balaban J connectivity index is 1.33. The van der Waals surface area contributed by atoms with Crippen LogP contribution in [0.25, 0.3) is 0 Å². The van der Waals surface area contributed by atoms with E-state index in [4.69, 9.17) is 9.47 Å². The zero-order valence-electron chi connectivity index (χ0n) is 16.0.